The van der Waals surface area contributed by atoms with Crippen molar-refractivity contribution in [1.29, 1.82) is 0 Å². The third-order valence-electron chi connectivity index (χ3n) is 8.89. The van der Waals surface area contributed by atoms with Crippen LogP contribution in [0.4, 0.5) is 0 Å². The van der Waals surface area contributed by atoms with E-state index in [1.807, 2.05) is 0 Å². The molecule has 0 heterocycles. The molecular weight excluding hydrogens is 376 g/mol. The van der Waals surface area contributed by atoms with E-state index in [-0.39, 0.29) is 16.6 Å². The Morgan fingerprint density at radius 1 is 1.17 bits per heavy atom. The molecule has 0 aliphatic heterocycles. The molecule has 5 atom stereocenters. The van der Waals surface area contributed by atoms with Gasteiger partial charge in [-0.2, -0.15) is 0 Å². The van der Waals surface area contributed by atoms with Gasteiger partial charge in [-0.3, -0.25) is 4.79 Å². The van der Waals surface area contributed by atoms with Crippen LogP contribution in [0, 0.1) is 17.3 Å². The third kappa shape index (κ3) is 3.31. The van der Waals surface area contributed by atoms with Crippen LogP contribution in [0.15, 0.2) is 18.2 Å². The van der Waals surface area contributed by atoms with Crippen molar-refractivity contribution in [1.82, 2.24) is 0 Å². The first-order chi connectivity index (χ1) is 13.5. The molecule has 0 bridgehead atoms. The zero-order valence-corrected chi connectivity index (χ0v) is 20.3. The molecule has 1 aromatic rings. The van der Waals surface area contributed by atoms with Crippen molar-refractivity contribution in [2.45, 2.75) is 90.0 Å². The van der Waals surface area contributed by atoms with E-state index in [4.69, 9.17) is 9.16 Å². The van der Waals surface area contributed by atoms with E-state index in [1.165, 1.54) is 17.5 Å². The van der Waals surface area contributed by atoms with Gasteiger partial charge in [-0.1, -0.05) is 33.8 Å². The molecule has 0 amide bonds. The van der Waals surface area contributed by atoms with Gasteiger partial charge in [0.2, 0.25) is 0 Å². The Hall–Kier alpha value is -1.13. The van der Waals surface area contributed by atoms with Crippen LogP contribution in [-0.2, 0) is 15.6 Å². The van der Waals surface area contributed by atoms with Crippen LogP contribution in [0.1, 0.15) is 70.4 Å². The van der Waals surface area contributed by atoms with Crippen LogP contribution in [0.25, 0.3) is 0 Å². The summed E-state index contributed by atoms with van der Waals surface area (Å²) in [6, 6.07) is 6.62. The molecule has 5 unspecified atom stereocenters. The molecule has 29 heavy (non-hydrogen) atoms. The highest BCUT2D eigenvalue weighted by Gasteiger charge is 2.59. The summed E-state index contributed by atoms with van der Waals surface area (Å²) in [5.74, 6) is 3.00. The Kier molecular flexibility index (Phi) is 5.06. The topological polar surface area (TPSA) is 35.5 Å². The van der Waals surface area contributed by atoms with E-state index in [1.54, 1.807) is 7.11 Å². The Bertz CT molecular complexity index is 809. The molecule has 0 radical (unpaired) electrons. The zero-order valence-electron chi connectivity index (χ0n) is 19.3. The Balaban J connectivity index is 1.60. The Morgan fingerprint density at radius 3 is 2.55 bits per heavy atom. The maximum atomic E-state index is 13.6. The zero-order chi connectivity index (χ0) is 21.2. The van der Waals surface area contributed by atoms with E-state index in [9.17, 15) is 4.79 Å². The highest BCUT2D eigenvalue weighted by molar-refractivity contribution is 6.74. The lowest BCUT2D eigenvalue weighted by atomic mass is 9.55. The standard InChI is InChI=1S/C25H38O3Si/c1-24(2,3)29(6,7)28-22-15-21-20-10-8-16-14-17(27-5)9-11-18(16)19(20)12-13-25(21,4)23(22)26/h9,11,14,19-22H,8,10,12-13,15H2,1-7H3. The number of carbonyl (C=O) groups is 1. The number of hydrogen-bond donors (Lipinski definition) is 0. The molecule has 0 N–H and O–H groups in total. The van der Waals surface area contributed by atoms with Gasteiger partial charge in [-0.05, 0) is 91.2 Å². The van der Waals surface area contributed by atoms with Gasteiger partial charge in [-0.15, -0.1) is 0 Å². The molecule has 2 fully saturated rings. The average molecular weight is 415 g/mol. The van der Waals surface area contributed by atoms with Crippen LogP contribution in [0.3, 0.4) is 0 Å². The lowest BCUT2D eigenvalue weighted by Gasteiger charge is -2.48. The number of benzene rings is 1. The molecule has 4 heteroatoms. The minimum Gasteiger partial charge on any atom is -0.497 e. The monoisotopic (exact) mass is 414 g/mol. The van der Waals surface area contributed by atoms with Crippen LogP contribution < -0.4 is 4.74 Å². The summed E-state index contributed by atoms with van der Waals surface area (Å²) in [4.78, 5) is 13.6. The first-order valence-corrected chi connectivity index (χ1v) is 14.3. The summed E-state index contributed by atoms with van der Waals surface area (Å²) in [6.45, 7) is 13.6. The summed E-state index contributed by atoms with van der Waals surface area (Å²) in [5, 5.41) is 0.132. The molecule has 1 aromatic carbocycles. The maximum absolute atomic E-state index is 13.6. The number of Topliss-reactive ketones (excluding diaryl/α,β-unsaturated/α-hetero) is 1. The maximum Gasteiger partial charge on any atom is 0.193 e. The second-order valence-corrected chi connectivity index (χ2v) is 16.2. The van der Waals surface area contributed by atoms with Crippen molar-refractivity contribution in [2.75, 3.05) is 7.11 Å². The summed E-state index contributed by atoms with van der Waals surface area (Å²) < 4.78 is 12.1. The minimum atomic E-state index is -1.96. The molecular formula is C25H38O3Si. The summed E-state index contributed by atoms with van der Waals surface area (Å²) in [7, 11) is -0.213. The van der Waals surface area contributed by atoms with Crippen LogP contribution in [0.2, 0.25) is 18.1 Å². The molecule has 0 aromatic heterocycles. The van der Waals surface area contributed by atoms with Crippen molar-refractivity contribution >= 4 is 14.1 Å². The highest BCUT2D eigenvalue weighted by atomic mass is 28.4. The van der Waals surface area contributed by atoms with Gasteiger partial charge in [0.15, 0.2) is 14.1 Å². The van der Waals surface area contributed by atoms with Crippen LogP contribution >= 0.6 is 0 Å². The van der Waals surface area contributed by atoms with Crippen LogP contribution in [-0.4, -0.2) is 27.3 Å². The SMILES string of the molecule is COc1ccc2c(c1)CCC1C2CCC2(C)C(=O)C(O[Si](C)(C)C(C)(C)C)CC12. The van der Waals surface area contributed by atoms with E-state index in [0.29, 0.717) is 23.5 Å². The predicted octanol–water partition coefficient (Wildman–Crippen LogP) is 6.12. The quantitative estimate of drug-likeness (QED) is 0.559. The third-order valence-corrected chi connectivity index (χ3v) is 13.4. The molecule has 160 valence electrons. The van der Waals surface area contributed by atoms with E-state index < -0.39 is 8.32 Å². The molecule has 0 saturated heterocycles. The smallest absolute Gasteiger partial charge is 0.193 e. The van der Waals surface area contributed by atoms with Crippen molar-refractivity contribution in [3.05, 3.63) is 29.3 Å². The minimum absolute atomic E-state index is 0.132. The van der Waals surface area contributed by atoms with E-state index in [0.717, 1.165) is 31.4 Å². The second-order valence-electron chi connectivity index (χ2n) is 11.4. The summed E-state index contributed by atoms with van der Waals surface area (Å²) >= 11 is 0. The number of fused-ring (bicyclic) bond motifs is 5. The van der Waals surface area contributed by atoms with Crippen molar-refractivity contribution in [2.24, 2.45) is 17.3 Å². The fourth-order valence-electron chi connectivity index (χ4n) is 6.09. The van der Waals surface area contributed by atoms with Gasteiger partial charge < -0.3 is 9.16 Å². The number of methoxy groups -OCH3 is 1. The molecule has 3 nitrogen and oxygen atoms in total. The van der Waals surface area contributed by atoms with E-state index in [2.05, 4.69) is 59.0 Å². The average Bonchev–Trinajstić information content (AvgIpc) is 2.90. The summed E-state index contributed by atoms with van der Waals surface area (Å²) in [6.07, 6.45) is 5.14. The lowest BCUT2D eigenvalue weighted by Crippen LogP contribution is -2.46. The molecule has 4 rings (SSSR count). The Morgan fingerprint density at radius 2 is 1.90 bits per heavy atom. The number of rotatable bonds is 3. The first kappa shape index (κ1) is 21.1. The first-order valence-electron chi connectivity index (χ1n) is 11.4. The van der Waals surface area contributed by atoms with Crippen LogP contribution in [0.5, 0.6) is 5.75 Å². The second kappa shape index (κ2) is 6.95. The number of carbonyl (C=O) groups excluding carboxylic acids is 1. The Labute approximate surface area is 177 Å². The fraction of sp³-hybridized carbons (Fsp3) is 0.720. The number of hydrogen-bond acceptors (Lipinski definition) is 3. The highest BCUT2D eigenvalue weighted by Crippen LogP contribution is 2.60. The molecule has 0 spiro atoms. The molecule has 2 saturated carbocycles. The van der Waals surface area contributed by atoms with Gasteiger partial charge in [0.1, 0.15) is 11.9 Å². The van der Waals surface area contributed by atoms with Crippen molar-refractivity contribution < 1.29 is 14.0 Å². The predicted molar refractivity (Wildman–Crippen MR) is 120 cm³/mol. The largest absolute Gasteiger partial charge is 0.497 e. The molecule has 3 aliphatic rings. The van der Waals surface area contributed by atoms with E-state index >= 15 is 0 Å². The van der Waals surface area contributed by atoms with Gasteiger partial charge in [0.05, 0.1) is 7.11 Å². The number of ether oxygens (including phenoxy) is 1. The van der Waals surface area contributed by atoms with Gasteiger partial charge >= 0.3 is 0 Å². The lowest BCUT2D eigenvalue weighted by molar-refractivity contribution is -0.134. The molecule has 3 aliphatic carbocycles. The number of aryl methyl sites for hydroxylation is 1. The normalized spacial score (nSPS) is 34.4. The van der Waals surface area contributed by atoms with Gasteiger partial charge in [0, 0.05) is 5.41 Å². The summed E-state index contributed by atoms with van der Waals surface area (Å²) in [5.41, 5.74) is 2.76. The fourth-order valence-corrected chi connectivity index (χ4v) is 7.35. The number of ketones is 1. The van der Waals surface area contributed by atoms with Crippen molar-refractivity contribution in [3.63, 3.8) is 0 Å². The van der Waals surface area contributed by atoms with Gasteiger partial charge in [-0.25, -0.2) is 0 Å². The van der Waals surface area contributed by atoms with Gasteiger partial charge in [0.25, 0.3) is 0 Å². The van der Waals surface area contributed by atoms with Crippen molar-refractivity contribution in [3.8, 4) is 5.75 Å².